The summed E-state index contributed by atoms with van der Waals surface area (Å²) in [7, 11) is 0. The SMILES string of the molecule is O=C(CSc1nnc(N2CCCCC2)n1C1CC1)Nc1ccc(Br)cc1. The lowest BCUT2D eigenvalue weighted by atomic mass is 10.1. The molecular formula is C18H22BrN5OS. The summed E-state index contributed by atoms with van der Waals surface area (Å²) in [6.07, 6.45) is 6.09. The van der Waals surface area contributed by atoms with E-state index in [4.69, 9.17) is 0 Å². The van der Waals surface area contributed by atoms with Crippen LogP contribution >= 0.6 is 27.7 Å². The largest absolute Gasteiger partial charge is 0.341 e. The lowest BCUT2D eigenvalue weighted by molar-refractivity contribution is -0.113. The number of aromatic nitrogens is 3. The smallest absolute Gasteiger partial charge is 0.234 e. The first-order valence-corrected chi connectivity index (χ1v) is 10.9. The molecule has 1 aliphatic carbocycles. The molecule has 1 aromatic heterocycles. The summed E-state index contributed by atoms with van der Waals surface area (Å²) in [5.41, 5.74) is 0.802. The highest BCUT2D eigenvalue weighted by Crippen LogP contribution is 2.41. The Bertz CT molecular complexity index is 768. The number of hydrogen-bond donors (Lipinski definition) is 1. The van der Waals surface area contributed by atoms with Crippen molar-refractivity contribution in [3.05, 3.63) is 28.7 Å². The molecule has 2 fully saturated rings. The zero-order chi connectivity index (χ0) is 17.9. The van der Waals surface area contributed by atoms with Crippen molar-refractivity contribution in [2.45, 2.75) is 43.3 Å². The number of nitrogens with one attached hydrogen (secondary N) is 1. The Kier molecular flexibility index (Phi) is 5.49. The summed E-state index contributed by atoms with van der Waals surface area (Å²) in [5.74, 6) is 1.30. The van der Waals surface area contributed by atoms with Gasteiger partial charge in [0, 0.05) is 29.3 Å². The number of thioether (sulfide) groups is 1. The van der Waals surface area contributed by atoms with Crippen molar-refractivity contribution in [2.75, 3.05) is 29.1 Å². The monoisotopic (exact) mass is 435 g/mol. The molecule has 0 unspecified atom stereocenters. The molecule has 0 spiro atoms. The molecule has 1 saturated carbocycles. The molecule has 1 aliphatic heterocycles. The van der Waals surface area contributed by atoms with Crippen molar-refractivity contribution in [1.82, 2.24) is 14.8 Å². The fourth-order valence-electron chi connectivity index (χ4n) is 3.19. The van der Waals surface area contributed by atoms with Crippen molar-refractivity contribution in [1.29, 1.82) is 0 Å². The summed E-state index contributed by atoms with van der Waals surface area (Å²) in [6, 6.07) is 8.09. The predicted octanol–water partition coefficient (Wildman–Crippen LogP) is 4.10. The number of amides is 1. The number of anilines is 2. The second-order valence-electron chi connectivity index (χ2n) is 6.78. The Balaban J connectivity index is 1.40. The molecular weight excluding hydrogens is 414 g/mol. The molecule has 138 valence electrons. The van der Waals surface area contributed by atoms with Gasteiger partial charge in [-0.1, -0.05) is 27.7 Å². The molecule has 1 N–H and O–H groups in total. The Morgan fingerprint density at radius 1 is 1.15 bits per heavy atom. The van der Waals surface area contributed by atoms with Gasteiger partial charge in [-0.25, -0.2) is 0 Å². The first-order valence-electron chi connectivity index (χ1n) is 9.09. The van der Waals surface area contributed by atoms with Crippen LogP contribution in [0.15, 0.2) is 33.9 Å². The van der Waals surface area contributed by atoms with E-state index in [1.165, 1.54) is 43.9 Å². The molecule has 4 rings (SSSR count). The standard InChI is InChI=1S/C18H22BrN5OS/c19-13-4-6-14(7-5-13)20-16(25)12-26-18-22-21-17(24(18)15-8-9-15)23-10-2-1-3-11-23/h4-7,15H,1-3,8-12H2,(H,20,25). The fraction of sp³-hybridized carbons (Fsp3) is 0.500. The van der Waals surface area contributed by atoms with E-state index < -0.39 is 0 Å². The summed E-state index contributed by atoms with van der Waals surface area (Å²) >= 11 is 4.87. The van der Waals surface area contributed by atoms with Crippen LogP contribution in [-0.2, 0) is 4.79 Å². The highest BCUT2D eigenvalue weighted by atomic mass is 79.9. The van der Waals surface area contributed by atoms with E-state index in [1.54, 1.807) is 0 Å². The fourth-order valence-corrected chi connectivity index (χ4v) is 4.25. The van der Waals surface area contributed by atoms with E-state index in [-0.39, 0.29) is 5.91 Å². The van der Waals surface area contributed by atoms with E-state index in [1.807, 2.05) is 24.3 Å². The number of piperidine rings is 1. The van der Waals surface area contributed by atoms with Crippen LogP contribution < -0.4 is 10.2 Å². The van der Waals surface area contributed by atoms with Gasteiger partial charge >= 0.3 is 0 Å². The number of carbonyl (C=O) groups excluding carboxylic acids is 1. The first-order chi connectivity index (χ1) is 12.7. The minimum Gasteiger partial charge on any atom is -0.341 e. The molecule has 2 aliphatic rings. The van der Waals surface area contributed by atoms with Gasteiger partial charge in [-0.2, -0.15) is 0 Å². The molecule has 8 heteroatoms. The van der Waals surface area contributed by atoms with Crippen molar-refractivity contribution < 1.29 is 4.79 Å². The van der Waals surface area contributed by atoms with Crippen molar-refractivity contribution in [3.8, 4) is 0 Å². The Morgan fingerprint density at radius 3 is 2.58 bits per heavy atom. The summed E-state index contributed by atoms with van der Waals surface area (Å²) in [6.45, 7) is 2.11. The van der Waals surface area contributed by atoms with Crippen LogP contribution in [0.3, 0.4) is 0 Å². The van der Waals surface area contributed by atoms with Crippen LogP contribution in [0, 0.1) is 0 Å². The normalized spacial score (nSPS) is 17.3. The van der Waals surface area contributed by atoms with Crippen molar-refractivity contribution in [3.63, 3.8) is 0 Å². The van der Waals surface area contributed by atoms with Gasteiger partial charge < -0.3 is 10.2 Å². The predicted molar refractivity (Wildman–Crippen MR) is 108 cm³/mol. The van der Waals surface area contributed by atoms with Crippen LogP contribution in [0.5, 0.6) is 0 Å². The average Bonchev–Trinajstić information content (AvgIpc) is 3.41. The topological polar surface area (TPSA) is 63.1 Å². The minimum absolute atomic E-state index is 0.0257. The third-order valence-electron chi connectivity index (χ3n) is 4.66. The van der Waals surface area contributed by atoms with Crippen LogP contribution in [0.2, 0.25) is 0 Å². The molecule has 26 heavy (non-hydrogen) atoms. The third kappa shape index (κ3) is 4.23. The van der Waals surface area contributed by atoms with Gasteiger partial charge in [0.1, 0.15) is 0 Å². The number of hydrogen-bond acceptors (Lipinski definition) is 5. The minimum atomic E-state index is -0.0257. The van der Waals surface area contributed by atoms with Gasteiger partial charge in [0.2, 0.25) is 11.9 Å². The van der Waals surface area contributed by atoms with Gasteiger partial charge in [-0.15, -0.1) is 10.2 Å². The number of carbonyl (C=O) groups is 1. The van der Waals surface area contributed by atoms with Gasteiger partial charge in [-0.3, -0.25) is 9.36 Å². The second kappa shape index (κ2) is 8.00. The Labute approximate surface area is 165 Å². The molecule has 0 bridgehead atoms. The summed E-state index contributed by atoms with van der Waals surface area (Å²) in [5, 5.41) is 12.6. The lowest BCUT2D eigenvalue weighted by Crippen LogP contribution is -2.32. The van der Waals surface area contributed by atoms with Gasteiger partial charge in [0.25, 0.3) is 0 Å². The summed E-state index contributed by atoms with van der Waals surface area (Å²) < 4.78 is 3.25. The molecule has 6 nitrogen and oxygen atoms in total. The van der Waals surface area contributed by atoms with Crippen LogP contribution in [0.1, 0.15) is 38.1 Å². The highest BCUT2D eigenvalue weighted by molar-refractivity contribution is 9.10. The maximum atomic E-state index is 12.3. The number of halogens is 1. The van der Waals surface area contributed by atoms with E-state index in [2.05, 4.69) is 40.9 Å². The summed E-state index contributed by atoms with van der Waals surface area (Å²) in [4.78, 5) is 14.6. The van der Waals surface area contributed by atoms with E-state index >= 15 is 0 Å². The molecule has 2 aromatic rings. The van der Waals surface area contributed by atoms with Crippen molar-refractivity contribution >= 4 is 45.2 Å². The van der Waals surface area contributed by atoms with Crippen LogP contribution in [0.4, 0.5) is 11.6 Å². The maximum absolute atomic E-state index is 12.3. The number of nitrogens with zero attached hydrogens (tertiary/aromatic N) is 4. The molecule has 0 radical (unpaired) electrons. The van der Waals surface area contributed by atoms with E-state index in [0.29, 0.717) is 11.8 Å². The molecule has 2 heterocycles. The Hall–Kier alpha value is -1.54. The van der Waals surface area contributed by atoms with Crippen molar-refractivity contribution in [2.24, 2.45) is 0 Å². The molecule has 1 saturated heterocycles. The highest BCUT2D eigenvalue weighted by Gasteiger charge is 2.32. The average molecular weight is 436 g/mol. The van der Waals surface area contributed by atoms with Gasteiger partial charge in [0.15, 0.2) is 5.16 Å². The van der Waals surface area contributed by atoms with Gasteiger partial charge in [0.05, 0.1) is 5.75 Å². The molecule has 1 amide bonds. The third-order valence-corrected chi connectivity index (χ3v) is 6.13. The zero-order valence-corrected chi connectivity index (χ0v) is 16.9. The first kappa shape index (κ1) is 17.9. The second-order valence-corrected chi connectivity index (χ2v) is 8.63. The maximum Gasteiger partial charge on any atom is 0.234 e. The van der Waals surface area contributed by atoms with E-state index in [0.717, 1.165) is 34.4 Å². The lowest BCUT2D eigenvalue weighted by Gasteiger charge is -2.27. The van der Waals surface area contributed by atoms with E-state index in [9.17, 15) is 4.79 Å². The quantitative estimate of drug-likeness (QED) is 0.691. The number of rotatable bonds is 6. The van der Waals surface area contributed by atoms with Crippen LogP contribution in [0.25, 0.3) is 0 Å². The number of benzene rings is 1. The zero-order valence-electron chi connectivity index (χ0n) is 14.5. The Morgan fingerprint density at radius 2 is 1.88 bits per heavy atom. The molecule has 1 aromatic carbocycles. The molecule has 0 atom stereocenters. The van der Waals surface area contributed by atoms with Crippen LogP contribution in [-0.4, -0.2) is 39.5 Å². The van der Waals surface area contributed by atoms with Gasteiger partial charge in [-0.05, 0) is 56.4 Å².